The van der Waals surface area contributed by atoms with E-state index >= 15 is 0 Å². The van der Waals surface area contributed by atoms with E-state index in [0.29, 0.717) is 0 Å². The Morgan fingerprint density at radius 3 is 2.29 bits per heavy atom. The van der Waals surface area contributed by atoms with Crippen LogP contribution in [0.3, 0.4) is 0 Å². The van der Waals surface area contributed by atoms with Crippen LogP contribution in [0.4, 0.5) is 5.69 Å². The Morgan fingerprint density at radius 1 is 1.21 bits per heavy atom. The van der Waals surface area contributed by atoms with Gasteiger partial charge in [0.25, 0.3) is 0 Å². The van der Waals surface area contributed by atoms with E-state index in [2.05, 4.69) is 121 Å². The Morgan fingerprint density at radius 2 is 1.86 bits per heavy atom. The van der Waals surface area contributed by atoms with Gasteiger partial charge in [-0.15, -0.1) is 0 Å². The van der Waals surface area contributed by atoms with Crippen LogP contribution in [0.5, 0.6) is 0 Å². The summed E-state index contributed by atoms with van der Waals surface area (Å²) in [6.07, 6.45) is 0. The van der Waals surface area contributed by atoms with Crippen LogP contribution in [-0.4, -0.2) is 8.37 Å². The average molecular weight is 640 g/mol. The Hall–Kier alpha value is 1.90. The van der Waals surface area contributed by atoms with E-state index in [1.807, 2.05) is 0 Å². The molecule has 1 aromatic carbocycles. The topological polar surface area (TPSA) is 6.48 Å². The molecule has 1 rings (SSSR count). The number of benzene rings is 1. The van der Waals surface area contributed by atoms with Crippen molar-refractivity contribution in [3.8, 4) is 0 Å². The zero-order valence-electron chi connectivity index (χ0n) is 7.35. The molecule has 0 fully saturated rings. The number of halogens is 4. The minimum atomic E-state index is 0.975. The maximum absolute atomic E-state index is 2.38. The maximum Gasteiger partial charge on any atom is 0.0588 e. The van der Waals surface area contributed by atoms with Crippen molar-refractivity contribution in [1.29, 1.82) is 0 Å². The summed E-state index contributed by atoms with van der Waals surface area (Å²) < 4.78 is 5.52. The standard InChI is InChI=1S/C8H8I4N2/c1-13(10)8-3-2-6(4-7(8)9)5-14(11)12/h2-4H,5H2,1H3. The van der Waals surface area contributed by atoms with E-state index in [1.54, 1.807) is 0 Å². The molecule has 0 amide bonds. The zero-order chi connectivity index (χ0) is 10.7. The molecular formula is C8H8I4N2. The summed E-state index contributed by atoms with van der Waals surface area (Å²) in [7, 11) is 2.06. The molecule has 0 aliphatic heterocycles. The SMILES string of the molecule is CN(I)c1ccc(CN(I)I)cc1I. The van der Waals surface area contributed by atoms with Crippen LogP contribution in [0.25, 0.3) is 0 Å². The van der Waals surface area contributed by atoms with Gasteiger partial charge in [0.2, 0.25) is 0 Å². The average Bonchev–Trinajstić information content (AvgIpc) is 2.01. The first-order valence-electron chi connectivity index (χ1n) is 3.77. The quantitative estimate of drug-likeness (QED) is 0.353. The Bertz CT molecular complexity index is 314. The summed E-state index contributed by atoms with van der Waals surface area (Å²) in [5.41, 5.74) is 2.61. The zero-order valence-corrected chi connectivity index (χ0v) is 16.0. The van der Waals surface area contributed by atoms with Gasteiger partial charge < -0.3 is 3.11 Å². The van der Waals surface area contributed by atoms with E-state index < -0.39 is 0 Å². The lowest BCUT2D eigenvalue weighted by molar-refractivity contribution is 0.833. The van der Waals surface area contributed by atoms with E-state index in [1.165, 1.54) is 14.8 Å². The van der Waals surface area contributed by atoms with E-state index in [0.717, 1.165) is 6.54 Å². The van der Waals surface area contributed by atoms with Crippen LogP contribution >= 0.6 is 91.2 Å². The molecule has 0 bridgehead atoms. The van der Waals surface area contributed by atoms with Crippen LogP contribution in [-0.2, 0) is 6.54 Å². The van der Waals surface area contributed by atoms with Gasteiger partial charge in [0.15, 0.2) is 0 Å². The van der Waals surface area contributed by atoms with Crippen molar-refractivity contribution in [1.82, 2.24) is 1.33 Å². The highest BCUT2D eigenvalue weighted by Crippen LogP contribution is 2.26. The molecule has 0 aromatic heterocycles. The molecule has 6 heteroatoms. The van der Waals surface area contributed by atoms with Crippen molar-refractivity contribution in [3.63, 3.8) is 0 Å². The highest BCUT2D eigenvalue weighted by molar-refractivity contribution is 14.2. The van der Waals surface area contributed by atoms with E-state index in [9.17, 15) is 0 Å². The van der Waals surface area contributed by atoms with Crippen molar-refractivity contribution < 1.29 is 0 Å². The van der Waals surface area contributed by atoms with Crippen LogP contribution in [0, 0.1) is 3.57 Å². The Balaban J connectivity index is 2.89. The molecule has 0 N–H and O–H groups in total. The number of rotatable bonds is 3. The van der Waals surface area contributed by atoms with Gasteiger partial charge in [0, 0.05) is 62.9 Å². The summed E-state index contributed by atoms with van der Waals surface area (Å²) in [5.74, 6) is 0. The summed E-state index contributed by atoms with van der Waals surface area (Å²) in [6.45, 7) is 0.975. The number of nitrogens with zero attached hydrogens (tertiary/aromatic N) is 2. The van der Waals surface area contributed by atoms with Gasteiger partial charge >= 0.3 is 0 Å². The predicted molar refractivity (Wildman–Crippen MR) is 95.2 cm³/mol. The minimum Gasteiger partial charge on any atom is -0.317 e. The lowest BCUT2D eigenvalue weighted by Crippen LogP contribution is -2.03. The Kier molecular flexibility index (Phi) is 6.57. The molecule has 0 heterocycles. The normalized spacial score (nSPS) is 10.7. The number of hydrogen-bond acceptors (Lipinski definition) is 2. The highest BCUT2D eigenvalue weighted by Gasteiger charge is 2.05. The second kappa shape index (κ2) is 6.59. The van der Waals surface area contributed by atoms with Crippen molar-refractivity contribution in [2.45, 2.75) is 6.54 Å². The number of hydrogen-bond donors (Lipinski definition) is 0. The fraction of sp³-hybridized carbons (Fsp3) is 0.250. The van der Waals surface area contributed by atoms with Crippen LogP contribution in [0.15, 0.2) is 18.2 Å². The maximum atomic E-state index is 2.38. The van der Waals surface area contributed by atoms with Gasteiger partial charge in [0.05, 0.1) is 28.6 Å². The fourth-order valence-corrected chi connectivity index (χ4v) is 3.65. The lowest BCUT2D eigenvalue weighted by atomic mass is 10.2. The molecule has 0 aliphatic carbocycles. The van der Waals surface area contributed by atoms with Crippen molar-refractivity contribution in [2.75, 3.05) is 10.2 Å². The van der Waals surface area contributed by atoms with Gasteiger partial charge in [-0.05, 0) is 40.3 Å². The first-order valence-corrected chi connectivity index (χ1v) is 7.75. The third-order valence-corrected chi connectivity index (χ3v) is 3.71. The van der Waals surface area contributed by atoms with Crippen molar-refractivity contribution in [2.24, 2.45) is 0 Å². The van der Waals surface area contributed by atoms with Gasteiger partial charge in [-0.3, -0.25) is 0 Å². The predicted octanol–water partition coefficient (Wildman–Crippen LogP) is 4.58. The molecule has 0 unspecified atom stereocenters. The molecule has 0 saturated heterocycles. The third kappa shape index (κ3) is 4.41. The second-order valence-electron chi connectivity index (χ2n) is 2.72. The molecule has 14 heavy (non-hydrogen) atoms. The van der Waals surface area contributed by atoms with Crippen LogP contribution in [0.2, 0.25) is 0 Å². The van der Waals surface area contributed by atoms with Crippen LogP contribution in [0.1, 0.15) is 5.56 Å². The van der Waals surface area contributed by atoms with Crippen molar-refractivity contribution in [3.05, 3.63) is 27.3 Å². The van der Waals surface area contributed by atoms with Gasteiger partial charge in [-0.2, -0.15) is 1.33 Å². The van der Waals surface area contributed by atoms with E-state index in [-0.39, 0.29) is 0 Å². The molecule has 0 atom stereocenters. The first kappa shape index (κ1) is 14.0. The minimum absolute atomic E-state index is 0.975. The first-order chi connectivity index (χ1) is 6.50. The summed E-state index contributed by atoms with van der Waals surface area (Å²) in [5, 5.41) is 0. The molecule has 0 aliphatic rings. The summed E-state index contributed by atoms with van der Waals surface area (Å²) in [4.78, 5) is 0. The molecule has 1 aromatic rings. The highest BCUT2D eigenvalue weighted by atomic mass is 127. The fourth-order valence-electron chi connectivity index (χ4n) is 1.04. The molecule has 0 spiro atoms. The third-order valence-electron chi connectivity index (χ3n) is 1.65. The molecule has 0 radical (unpaired) electrons. The Labute approximate surface area is 140 Å². The smallest absolute Gasteiger partial charge is 0.0588 e. The lowest BCUT2D eigenvalue weighted by Gasteiger charge is -2.13. The monoisotopic (exact) mass is 640 g/mol. The van der Waals surface area contributed by atoms with Gasteiger partial charge in [-0.1, -0.05) is 6.07 Å². The second-order valence-corrected chi connectivity index (χ2v) is 9.51. The van der Waals surface area contributed by atoms with Crippen molar-refractivity contribution >= 4 is 96.9 Å². The summed E-state index contributed by atoms with van der Waals surface area (Å²) in [6, 6.07) is 6.58. The molecular weight excluding hydrogens is 632 g/mol. The molecule has 2 nitrogen and oxygen atoms in total. The largest absolute Gasteiger partial charge is 0.317 e. The van der Waals surface area contributed by atoms with E-state index in [4.69, 9.17) is 0 Å². The summed E-state index contributed by atoms with van der Waals surface area (Å²) >= 11 is 9.24. The van der Waals surface area contributed by atoms with Crippen LogP contribution < -0.4 is 3.11 Å². The number of anilines is 1. The van der Waals surface area contributed by atoms with Gasteiger partial charge in [-0.25, -0.2) is 0 Å². The molecule has 0 saturated carbocycles. The van der Waals surface area contributed by atoms with Gasteiger partial charge in [0.1, 0.15) is 0 Å². The molecule has 78 valence electrons.